The summed E-state index contributed by atoms with van der Waals surface area (Å²) in [7, 11) is 0. The highest BCUT2D eigenvalue weighted by Crippen LogP contribution is 2.24. The zero-order valence-corrected chi connectivity index (χ0v) is 11.8. The molecule has 0 aliphatic heterocycles. The van der Waals surface area contributed by atoms with E-state index < -0.39 is 16.0 Å². The smallest absolute Gasteiger partial charge is 0.301 e. The van der Waals surface area contributed by atoms with Gasteiger partial charge in [-0.05, 0) is 11.4 Å². The molecule has 0 amide bonds. The maximum Gasteiger partial charge on any atom is 0.332 e. The van der Waals surface area contributed by atoms with Crippen LogP contribution in [0.2, 0.25) is 0 Å². The van der Waals surface area contributed by atoms with Gasteiger partial charge in [-0.25, -0.2) is 9.97 Å². The molecule has 21 heavy (non-hydrogen) atoms. The minimum atomic E-state index is -0.689. The molecule has 3 heterocycles. The molecule has 3 rings (SSSR count). The van der Waals surface area contributed by atoms with E-state index in [1.807, 2.05) is 18.4 Å². The summed E-state index contributed by atoms with van der Waals surface area (Å²) in [5, 5.41) is 13.6. The normalized spacial score (nSPS) is 10.9. The van der Waals surface area contributed by atoms with Gasteiger partial charge < -0.3 is 4.57 Å². The second-order valence-electron chi connectivity index (χ2n) is 4.32. The number of thiophene rings is 1. The van der Waals surface area contributed by atoms with Crippen molar-refractivity contribution in [2.75, 3.05) is 0 Å². The molecule has 0 spiro atoms. The van der Waals surface area contributed by atoms with Crippen LogP contribution < -0.4 is 5.43 Å². The Hall–Kier alpha value is -2.61. The van der Waals surface area contributed by atoms with Crippen LogP contribution in [-0.4, -0.2) is 19.5 Å². The van der Waals surface area contributed by atoms with Gasteiger partial charge in [-0.1, -0.05) is 6.92 Å². The van der Waals surface area contributed by atoms with Crippen LogP contribution in [0.3, 0.4) is 0 Å². The van der Waals surface area contributed by atoms with Crippen molar-refractivity contribution in [3.8, 4) is 5.82 Å². The summed E-state index contributed by atoms with van der Waals surface area (Å²) in [5.74, 6) is 1.20. The van der Waals surface area contributed by atoms with Crippen LogP contribution in [-0.2, 0) is 6.42 Å². The third-order valence-electron chi connectivity index (χ3n) is 3.01. The third kappa shape index (κ3) is 2.29. The van der Waals surface area contributed by atoms with Crippen molar-refractivity contribution < 1.29 is 4.92 Å². The topological polar surface area (TPSA) is 90.9 Å². The number of hydrogen-bond donors (Lipinski definition) is 0. The molecular formula is C13H10N4O3S. The number of nitrogens with zero attached hydrogens (tertiary/aromatic N) is 4. The molecule has 0 saturated heterocycles. The van der Waals surface area contributed by atoms with Gasteiger partial charge in [0.25, 0.3) is 5.43 Å². The summed E-state index contributed by atoms with van der Waals surface area (Å²) >= 11 is 1.48. The van der Waals surface area contributed by atoms with Crippen molar-refractivity contribution in [1.82, 2.24) is 14.5 Å². The van der Waals surface area contributed by atoms with Crippen LogP contribution in [0.4, 0.5) is 5.69 Å². The lowest BCUT2D eigenvalue weighted by Crippen LogP contribution is -2.11. The Bertz CT molecular complexity index is 900. The van der Waals surface area contributed by atoms with Crippen molar-refractivity contribution in [3.63, 3.8) is 0 Å². The Labute approximate surface area is 122 Å². The quantitative estimate of drug-likeness (QED) is 0.547. The molecule has 0 radical (unpaired) electrons. The first-order chi connectivity index (χ1) is 10.1. The average Bonchev–Trinajstić information content (AvgIpc) is 2.94. The zero-order valence-electron chi connectivity index (χ0n) is 11.0. The molecule has 0 unspecified atom stereocenters. The Morgan fingerprint density at radius 1 is 1.38 bits per heavy atom. The van der Waals surface area contributed by atoms with E-state index in [2.05, 4.69) is 9.97 Å². The van der Waals surface area contributed by atoms with Crippen LogP contribution in [0, 0.1) is 10.1 Å². The second-order valence-corrected chi connectivity index (χ2v) is 5.21. The first-order valence-electron chi connectivity index (χ1n) is 6.21. The number of hydrogen-bond acceptors (Lipinski definition) is 6. The predicted octanol–water partition coefficient (Wildman–Crippen LogP) is 2.31. The molecule has 8 heteroatoms. The number of pyridine rings is 1. The molecule has 0 bridgehead atoms. The van der Waals surface area contributed by atoms with Gasteiger partial charge in [0.1, 0.15) is 16.5 Å². The molecule has 0 fully saturated rings. The molecule has 0 saturated carbocycles. The highest BCUT2D eigenvalue weighted by atomic mass is 32.1. The summed E-state index contributed by atoms with van der Waals surface area (Å²) in [6.07, 6.45) is 3.33. The first-order valence-corrected chi connectivity index (χ1v) is 7.09. The van der Waals surface area contributed by atoms with Crippen molar-refractivity contribution in [3.05, 3.63) is 56.1 Å². The zero-order chi connectivity index (χ0) is 15.0. The molecule has 0 atom stereocenters. The number of fused-ring (bicyclic) bond motifs is 1. The number of aromatic nitrogens is 3. The third-order valence-corrected chi connectivity index (χ3v) is 3.82. The van der Waals surface area contributed by atoms with E-state index in [0.29, 0.717) is 18.1 Å². The molecule has 7 nitrogen and oxygen atoms in total. The minimum Gasteiger partial charge on any atom is -0.301 e. The van der Waals surface area contributed by atoms with E-state index in [9.17, 15) is 14.9 Å². The van der Waals surface area contributed by atoms with Gasteiger partial charge in [0.2, 0.25) is 0 Å². The van der Waals surface area contributed by atoms with Crippen LogP contribution in [0.1, 0.15) is 12.7 Å². The summed E-state index contributed by atoms with van der Waals surface area (Å²) in [6.45, 7) is 1.94. The maximum absolute atomic E-state index is 11.5. The van der Waals surface area contributed by atoms with E-state index in [-0.39, 0.29) is 0 Å². The number of nitro groups is 1. The standard InChI is InChI=1S/C13H10N4O3S/c1-2-11-14-12(8-4-6-21-13(8)15-11)16-5-3-10(18)9(7-16)17(19)20/h3-7H,2H2,1H3. The first kappa shape index (κ1) is 13.4. The van der Waals surface area contributed by atoms with Gasteiger partial charge in [-0.3, -0.25) is 14.9 Å². The maximum atomic E-state index is 11.5. The SMILES string of the molecule is CCc1nc(-n2ccc(=O)c([N+](=O)[O-])c2)c2ccsc2n1. The summed E-state index contributed by atoms with van der Waals surface area (Å²) in [4.78, 5) is 31.4. The highest BCUT2D eigenvalue weighted by Gasteiger charge is 2.15. The van der Waals surface area contributed by atoms with Gasteiger partial charge in [0, 0.05) is 18.7 Å². The van der Waals surface area contributed by atoms with Gasteiger partial charge in [0.15, 0.2) is 0 Å². The lowest BCUT2D eigenvalue weighted by molar-refractivity contribution is -0.386. The molecule has 0 aliphatic rings. The van der Waals surface area contributed by atoms with Crippen molar-refractivity contribution in [2.45, 2.75) is 13.3 Å². The molecule has 0 aliphatic carbocycles. The largest absolute Gasteiger partial charge is 0.332 e. The Kier molecular flexibility index (Phi) is 3.22. The van der Waals surface area contributed by atoms with Gasteiger partial charge >= 0.3 is 5.69 Å². The molecule has 0 aromatic carbocycles. The fourth-order valence-electron chi connectivity index (χ4n) is 1.98. The van der Waals surface area contributed by atoms with Crippen LogP contribution in [0.15, 0.2) is 34.7 Å². The summed E-state index contributed by atoms with van der Waals surface area (Å²) in [5.41, 5.74) is -1.10. The Balaban J connectivity index is 2.29. The van der Waals surface area contributed by atoms with Gasteiger partial charge in [-0.2, -0.15) is 0 Å². The number of rotatable bonds is 3. The predicted molar refractivity (Wildman–Crippen MR) is 79.0 cm³/mol. The van der Waals surface area contributed by atoms with E-state index in [1.165, 1.54) is 34.4 Å². The van der Waals surface area contributed by atoms with E-state index in [0.717, 1.165) is 10.2 Å². The molecule has 3 aromatic heterocycles. The lowest BCUT2D eigenvalue weighted by Gasteiger charge is -2.08. The fraction of sp³-hybridized carbons (Fsp3) is 0.154. The van der Waals surface area contributed by atoms with Gasteiger partial charge in [0.05, 0.1) is 16.5 Å². The van der Waals surface area contributed by atoms with Gasteiger partial charge in [-0.15, -0.1) is 11.3 Å². The summed E-state index contributed by atoms with van der Waals surface area (Å²) < 4.78 is 1.50. The monoisotopic (exact) mass is 302 g/mol. The number of aryl methyl sites for hydroxylation is 1. The fourth-order valence-corrected chi connectivity index (χ4v) is 2.76. The van der Waals surface area contributed by atoms with E-state index >= 15 is 0 Å². The van der Waals surface area contributed by atoms with Crippen molar-refractivity contribution >= 4 is 27.2 Å². The lowest BCUT2D eigenvalue weighted by atomic mass is 10.3. The molecule has 106 valence electrons. The average molecular weight is 302 g/mol. The summed E-state index contributed by atoms with van der Waals surface area (Å²) in [6, 6.07) is 3.03. The molecule has 0 N–H and O–H groups in total. The van der Waals surface area contributed by atoms with Crippen LogP contribution >= 0.6 is 11.3 Å². The molecular weight excluding hydrogens is 292 g/mol. The Morgan fingerprint density at radius 3 is 2.90 bits per heavy atom. The van der Waals surface area contributed by atoms with Crippen LogP contribution in [0.25, 0.3) is 16.0 Å². The van der Waals surface area contributed by atoms with E-state index in [4.69, 9.17) is 0 Å². The highest BCUT2D eigenvalue weighted by molar-refractivity contribution is 7.16. The molecule has 3 aromatic rings. The van der Waals surface area contributed by atoms with Crippen molar-refractivity contribution in [1.29, 1.82) is 0 Å². The Morgan fingerprint density at radius 2 is 2.19 bits per heavy atom. The van der Waals surface area contributed by atoms with E-state index in [1.54, 1.807) is 0 Å². The second kappa shape index (κ2) is 5.06. The minimum absolute atomic E-state index is 0.474. The van der Waals surface area contributed by atoms with Crippen molar-refractivity contribution in [2.24, 2.45) is 0 Å². The van der Waals surface area contributed by atoms with Crippen LogP contribution in [0.5, 0.6) is 0 Å².